The lowest BCUT2D eigenvalue weighted by atomic mass is 9.89. The average Bonchev–Trinajstić information content (AvgIpc) is 2.62. The maximum Gasteiger partial charge on any atom is 0.325 e. The van der Waals surface area contributed by atoms with E-state index in [-0.39, 0.29) is 12.1 Å². The van der Waals surface area contributed by atoms with E-state index in [2.05, 4.69) is 11.4 Å². The fourth-order valence-electron chi connectivity index (χ4n) is 3.83. The van der Waals surface area contributed by atoms with E-state index < -0.39 is 5.72 Å². The molecule has 2 heterocycles. The summed E-state index contributed by atoms with van der Waals surface area (Å²) in [6, 6.07) is 11.2. The Kier molecular flexibility index (Phi) is 3.72. The molecule has 0 aromatic heterocycles. The second-order valence-corrected chi connectivity index (χ2v) is 6.90. The molecule has 136 valence electrons. The molecule has 0 saturated carbocycles. The van der Waals surface area contributed by atoms with Crippen LogP contribution >= 0.6 is 0 Å². The minimum atomic E-state index is -0.808. The van der Waals surface area contributed by atoms with Gasteiger partial charge in [-0.3, -0.25) is 4.90 Å². The number of nitrogens with one attached hydrogen (secondary N) is 1. The highest BCUT2D eigenvalue weighted by atomic mass is 16.5. The summed E-state index contributed by atoms with van der Waals surface area (Å²) < 4.78 is 17.1. The summed E-state index contributed by atoms with van der Waals surface area (Å²) >= 11 is 0. The van der Waals surface area contributed by atoms with E-state index in [1.165, 1.54) is 0 Å². The number of carbonyl (C=O) groups is 1. The minimum absolute atomic E-state index is 0.0726. The molecule has 26 heavy (non-hydrogen) atoms. The van der Waals surface area contributed by atoms with Crippen molar-refractivity contribution in [3.8, 4) is 17.2 Å². The maximum absolute atomic E-state index is 13.0. The van der Waals surface area contributed by atoms with Gasteiger partial charge in [0.1, 0.15) is 17.2 Å². The third-order valence-corrected chi connectivity index (χ3v) is 5.06. The predicted octanol–water partition coefficient (Wildman–Crippen LogP) is 3.78. The number of methoxy groups -OCH3 is 2. The van der Waals surface area contributed by atoms with Crippen LogP contribution in [0.1, 0.15) is 30.5 Å². The molecule has 1 N–H and O–H groups in total. The fraction of sp³-hybridized carbons (Fsp3) is 0.350. The summed E-state index contributed by atoms with van der Waals surface area (Å²) in [5.74, 6) is 2.01. The smallest absolute Gasteiger partial charge is 0.325 e. The SMILES string of the molecule is COc1ccc(N2C(=O)N[C@@H]3C[C@]2(C)Oc2ccc(C)cc23)c(OC)c1. The Morgan fingerprint density at radius 3 is 2.73 bits per heavy atom. The Morgan fingerprint density at radius 1 is 1.19 bits per heavy atom. The number of rotatable bonds is 3. The molecular weight excluding hydrogens is 332 g/mol. The summed E-state index contributed by atoms with van der Waals surface area (Å²) in [5, 5.41) is 3.11. The van der Waals surface area contributed by atoms with Crippen molar-refractivity contribution in [3.05, 3.63) is 47.5 Å². The summed E-state index contributed by atoms with van der Waals surface area (Å²) in [5.41, 5.74) is 2.00. The van der Waals surface area contributed by atoms with Crippen molar-refractivity contribution in [3.63, 3.8) is 0 Å². The molecule has 6 nitrogen and oxygen atoms in total. The molecule has 6 heteroatoms. The molecule has 0 spiro atoms. The molecule has 2 aromatic rings. The van der Waals surface area contributed by atoms with Crippen molar-refractivity contribution < 1.29 is 19.0 Å². The zero-order valence-corrected chi connectivity index (χ0v) is 15.3. The third-order valence-electron chi connectivity index (χ3n) is 5.06. The molecule has 0 aliphatic carbocycles. The van der Waals surface area contributed by atoms with Crippen LogP contribution < -0.4 is 24.4 Å². The quantitative estimate of drug-likeness (QED) is 0.911. The Balaban J connectivity index is 1.80. The second kappa shape index (κ2) is 5.83. The molecule has 2 aliphatic heterocycles. The van der Waals surface area contributed by atoms with Gasteiger partial charge in [0.05, 0.1) is 25.9 Å². The van der Waals surface area contributed by atoms with Gasteiger partial charge in [-0.2, -0.15) is 0 Å². The van der Waals surface area contributed by atoms with E-state index >= 15 is 0 Å². The topological polar surface area (TPSA) is 60.0 Å². The molecule has 2 amide bonds. The lowest BCUT2D eigenvalue weighted by Crippen LogP contribution is -2.65. The number of hydrogen-bond donors (Lipinski definition) is 1. The maximum atomic E-state index is 13.0. The van der Waals surface area contributed by atoms with Crippen LogP contribution in [0.15, 0.2) is 36.4 Å². The lowest BCUT2D eigenvalue weighted by molar-refractivity contribution is 0.0374. The van der Waals surface area contributed by atoms with Gasteiger partial charge in [-0.05, 0) is 32.0 Å². The van der Waals surface area contributed by atoms with Crippen molar-refractivity contribution in [2.75, 3.05) is 19.1 Å². The van der Waals surface area contributed by atoms with E-state index in [1.807, 2.05) is 32.0 Å². The van der Waals surface area contributed by atoms with Gasteiger partial charge in [0, 0.05) is 18.1 Å². The number of fused-ring (bicyclic) bond motifs is 4. The molecule has 4 rings (SSSR count). The number of carbonyl (C=O) groups excluding carboxylic acids is 1. The Morgan fingerprint density at radius 2 is 2.00 bits per heavy atom. The number of nitrogens with zero attached hydrogens (tertiary/aromatic N) is 1. The first-order valence-corrected chi connectivity index (χ1v) is 8.57. The lowest BCUT2D eigenvalue weighted by Gasteiger charge is -2.50. The summed E-state index contributed by atoms with van der Waals surface area (Å²) in [4.78, 5) is 14.6. The Labute approximate surface area is 152 Å². The van der Waals surface area contributed by atoms with Crippen LogP contribution in [-0.4, -0.2) is 26.0 Å². The fourth-order valence-corrected chi connectivity index (χ4v) is 3.83. The highest BCUT2D eigenvalue weighted by Gasteiger charge is 2.50. The van der Waals surface area contributed by atoms with Crippen molar-refractivity contribution in [2.24, 2.45) is 0 Å². The van der Waals surface area contributed by atoms with Crippen molar-refractivity contribution in [1.29, 1.82) is 0 Å². The van der Waals surface area contributed by atoms with Crippen LogP contribution in [0.4, 0.5) is 10.5 Å². The van der Waals surface area contributed by atoms with Crippen molar-refractivity contribution in [1.82, 2.24) is 5.32 Å². The number of anilines is 1. The first kappa shape index (κ1) is 16.6. The number of benzene rings is 2. The summed E-state index contributed by atoms with van der Waals surface area (Å²) in [7, 11) is 3.17. The molecule has 2 atom stereocenters. The van der Waals surface area contributed by atoms with E-state index in [4.69, 9.17) is 14.2 Å². The van der Waals surface area contributed by atoms with E-state index in [0.717, 1.165) is 16.9 Å². The normalized spacial score (nSPS) is 23.6. The number of ether oxygens (including phenoxy) is 3. The van der Waals surface area contributed by atoms with Gasteiger partial charge in [0.15, 0.2) is 5.72 Å². The van der Waals surface area contributed by atoms with E-state index in [1.54, 1.807) is 31.3 Å². The van der Waals surface area contributed by atoms with Crippen LogP contribution in [0, 0.1) is 6.92 Å². The van der Waals surface area contributed by atoms with Gasteiger partial charge >= 0.3 is 6.03 Å². The number of aryl methyl sites for hydroxylation is 1. The molecule has 2 aliphatic rings. The van der Waals surface area contributed by atoms with E-state index in [0.29, 0.717) is 23.6 Å². The molecule has 1 fully saturated rings. The van der Waals surface area contributed by atoms with Gasteiger partial charge in [0.25, 0.3) is 0 Å². The highest BCUT2D eigenvalue weighted by molar-refractivity contribution is 5.96. The molecule has 0 radical (unpaired) electrons. The molecule has 2 bridgehead atoms. The number of amides is 2. The predicted molar refractivity (Wildman–Crippen MR) is 98.1 cm³/mol. The van der Waals surface area contributed by atoms with E-state index in [9.17, 15) is 4.79 Å². The van der Waals surface area contributed by atoms with Gasteiger partial charge in [-0.15, -0.1) is 0 Å². The van der Waals surface area contributed by atoms with Gasteiger partial charge < -0.3 is 19.5 Å². The van der Waals surface area contributed by atoms with Crippen LogP contribution in [-0.2, 0) is 0 Å². The summed E-state index contributed by atoms with van der Waals surface area (Å²) in [6.45, 7) is 3.97. The second-order valence-electron chi connectivity index (χ2n) is 6.90. The molecule has 0 unspecified atom stereocenters. The Bertz CT molecular complexity index is 882. The van der Waals surface area contributed by atoms with Crippen LogP contribution in [0.3, 0.4) is 0 Å². The molecular formula is C20H22N2O4. The third kappa shape index (κ3) is 2.44. The number of hydrogen-bond acceptors (Lipinski definition) is 4. The van der Waals surface area contributed by atoms with Crippen molar-refractivity contribution in [2.45, 2.75) is 32.0 Å². The first-order chi connectivity index (χ1) is 12.4. The highest BCUT2D eigenvalue weighted by Crippen LogP contribution is 2.47. The van der Waals surface area contributed by atoms with Crippen LogP contribution in [0.5, 0.6) is 17.2 Å². The monoisotopic (exact) mass is 354 g/mol. The number of urea groups is 1. The van der Waals surface area contributed by atoms with Crippen LogP contribution in [0.25, 0.3) is 0 Å². The minimum Gasteiger partial charge on any atom is -0.497 e. The van der Waals surface area contributed by atoms with Gasteiger partial charge in [-0.25, -0.2) is 4.79 Å². The van der Waals surface area contributed by atoms with Gasteiger partial charge in [-0.1, -0.05) is 17.7 Å². The average molecular weight is 354 g/mol. The van der Waals surface area contributed by atoms with Crippen LogP contribution in [0.2, 0.25) is 0 Å². The molecule has 1 saturated heterocycles. The Hall–Kier alpha value is -2.89. The summed E-state index contributed by atoms with van der Waals surface area (Å²) in [6.07, 6.45) is 0.643. The van der Waals surface area contributed by atoms with Crippen molar-refractivity contribution >= 4 is 11.7 Å². The first-order valence-electron chi connectivity index (χ1n) is 8.57. The largest absolute Gasteiger partial charge is 0.497 e. The van der Waals surface area contributed by atoms with Gasteiger partial charge in [0.2, 0.25) is 0 Å². The zero-order chi connectivity index (χ0) is 18.5. The zero-order valence-electron chi connectivity index (χ0n) is 15.3. The molecule has 2 aromatic carbocycles. The standard InChI is InChI=1S/C20H22N2O4/c1-12-5-8-17-14(9-12)15-11-20(2,26-17)22(19(23)21-15)16-7-6-13(24-3)10-18(16)25-4/h5-10,15H,11H2,1-4H3,(H,21,23)/t15-,20+/m1/s1.